The number of amides is 2. The highest BCUT2D eigenvalue weighted by molar-refractivity contribution is 7.23. The fourth-order valence-corrected chi connectivity index (χ4v) is 17.9. The van der Waals surface area contributed by atoms with E-state index < -0.39 is 0 Å². The Kier molecular flexibility index (Phi) is 41.1. The lowest BCUT2D eigenvalue weighted by atomic mass is 9.89. The fraction of sp³-hybridized carbons (Fsp3) is 0.707. The summed E-state index contributed by atoms with van der Waals surface area (Å²) in [6, 6.07) is 17.4. The van der Waals surface area contributed by atoms with Gasteiger partial charge in [-0.2, -0.15) is 0 Å². The summed E-state index contributed by atoms with van der Waals surface area (Å²) < 4.78 is 0. The first kappa shape index (κ1) is 76.0. The standard InChI is InChI=1S/C82H130N2O2S4/c1-5-9-13-17-21-25-27-31-35-43-53-69(51-41-33-29-23-19-15-11-7-3)55-45-37-39-47-65-83-79(75-58-50-68-88-75)77-78(82(83)86)80(76-64-63-74(90-76)73-62-61-72(89-73)60-59-71-57-49-67-87-71)84(81(77)85)66-48-40-38-46-56-70(52-42-34-30-24-20-16-12-8-4)54-44-36-32-28-26-22-18-14-10-6-2/h49-50,57-64,67-70H,5-48,51-56,65-66H2,1-4H3/b60-59+. The minimum atomic E-state index is 0.0261. The van der Waals surface area contributed by atoms with E-state index in [-0.39, 0.29) is 11.8 Å². The second-order valence-corrected chi connectivity index (χ2v) is 31.8. The van der Waals surface area contributed by atoms with Gasteiger partial charge in [-0.25, -0.2) is 0 Å². The molecule has 90 heavy (non-hydrogen) atoms. The number of nitrogens with zero attached hydrogens (tertiary/aromatic N) is 2. The predicted octanol–water partition coefficient (Wildman–Crippen LogP) is 28.4. The Morgan fingerprint density at radius 1 is 0.311 bits per heavy atom. The summed E-state index contributed by atoms with van der Waals surface area (Å²) >= 11 is 6.98. The fourth-order valence-electron chi connectivity index (χ4n) is 14.4. The molecule has 6 rings (SSSR count). The van der Waals surface area contributed by atoms with Gasteiger partial charge >= 0.3 is 0 Å². The van der Waals surface area contributed by atoms with Gasteiger partial charge in [-0.05, 0) is 84.0 Å². The van der Waals surface area contributed by atoms with Gasteiger partial charge in [-0.15, -0.1) is 45.3 Å². The average Bonchev–Trinajstić information content (AvgIpc) is 1.56. The summed E-state index contributed by atoms with van der Waals surface area (Å²) in [4.78, 5) is 41.7. The van der Waals surface area contributed by atoms with Crippen molar-refractivity contribution in [1.82, 2.24) is 9.80 Å². The quantitative estimate of drug-likeness (QED) is 0.0413. The van der Waals surface area contributed by atoms with Crippen molar-refractivity contribution in [2.75, 3.05) is 13.1 Å². The predicted molar refractivity (Wildman–Crippen MR) is 403 cm³/mol. The van der Waals surface area contributed by atoms with Crippen LogP contribution in [-0.4, -0.2) is 34.7 Å². The van der Waals surface area contributed by atoms with Crippen LogP contribution in [0.4, 0.5) is 0 Å². The van der Waals surface area contributed by atoms with Crippen molar-refractivity contribution in [2.24, 2.45) is 11.8 Å². The van der Waals surface area contributed by atoms with Gasteiger partial charge in [0.2, 0.25) is 0 Å². The Balaban J connectivity index is 1.08. The molecule has 504 valence electrons. The molecule has 2 amide bonds. The summed E-state index contributed by atoms with van der Waals surface area (Å²) in [6.45, 7) is 10.6. The van der Waals surface area contributed by atoms with Crippen LogP contribution >= 0.6 is 45.3 Å². The first-order valence-electron chi connectivity index (χ1n) is 38.6. The topological polar surface area (TPSA) is 40.6 Å². The molecule has 4 aromatic rings. The molecule has 0 saturated carbocycles. The first-order valence-corrected chi connectivity index (χ1v) is 41.9. The monoisotopic (exact) mass is 1300 g/mol. The molecule has 0 saturated heterocycles. The smallest absolute Gasteiger partial charge is 0.261 e. The third kappa shape index (κ3) is 28.9. The van der Waals surface area contributed by atoms with Crippen LogP contribution in [0.15, 0.2) is 70.4 Å². The van der Waals surface area contributed by atoms with Gasteiger partial charge in [0.25, 0.3) is 11.8 Å². The van der Waals surface area contributed by atoms with E-state index >= 15 is 9.59 Å². The van der Waals surface area contributed by atoms with Crippen molar-refractivity contribution in [3.63, 3.8) is 0 Å². The number of rotatable bonds is 59. The maximum atomic E-state index is 15.4. The number of unbranched alkanes of at least 4 members (excludes halogenated alkanes) is 38. The van der Waals surface area contributed by atoms with Gasteiger partial charge in [-0.1, -0.05) is 348 Å². The summed E-state index contributed by atoms with van der Waals surface area (Å²) in [5, 5.41) is 4.24. The summed E-state index contributed by atoms with van der Waals surface area (Å²) in [5.74, 6) is 1.75. The minimum Gasteiger partial charge on any atom is -0.306 e. The van der Waals surface area contributed by atoms with Crippen LogP contribution in [0.2, 0.25) is 0 Å². The van der Waals surface area contributed by atoms with E-state index in [0.29, 0.717) is 24.2 Å². The van der Waals surface area contributed by atoms with Crippen LogP contribution in [0, 0.1) is 11.8 Å². The zero-order valence-corrected chi connectivity index (χ0v) is 61.5. The number of carbonyl (C=O) groups is 2. The third-order valence-corrected chi connectivity index (χ3v) is 24.0. The van der Waals surface area contributed by atoms with Gasteiger partial charge in [0.1, 0.15) is 0 Å². The number of carbonyl (C=O) groups excluding carboxylic acids is 2. The van der Waals surface area contributed by atoms with Crippen LogP contribution in [-0.2, 0) is 9.59 Å². The van der Waals surface area contributed by atoms with Crippen molar-refractivity contribution in [3.8, 4) is 9.75 Å². The molecule has 2 atom stereocenters. The zero-order chi connectivity index (χ0) is 63.3. The Hall–Kier alpha value is -3.04. The van der Waals surface area contributed by atoms with Crippen LogP contribution < -0.4 is 0 Å². The second-order valence-electron chi connectivity index (χ2n) is 27.7. The Morgan fingerprint density at radius 3 is 0.989 bits per heavy atom. The molecule has 2 aliphatic heterocycles. The van der Waals surface area contributed by atoms with Crippen LogP contribution in [0.25, 0.3) is 33.3 Å². The molecular formula is C82H130N2O2S4. The lowest BCUT2D eigenvalue weighted by molar-refractivity contribution is -0.124. The highest BCUT2D eigenvalue weighted by Gasteiger charge is 2.49. The first-order chi connectivity index (χ1) is 44.5. The Labute approximate surface area is 569 Å². The van der Waals surface area contributed by atoms with E-state index in [2.05, 4.69) is 99.1 Å². The molecule has 2 unspecified atom stereocenters. The molecule has 0 bridgehead atoms. The molecule has 0 aromatic carbocycles. The van der Waals surface area contributed by atoms with E-state index in [1.165, 1.54) is 315 Å². The highest BCUT2D eigenvalue weighted by atomic mass is 32.1. The largest absolute Gasteiger partial charge is 0.306 e. The lowest BCUT2D eigenvalue weighted by Gasteiger charge is -2.24. The Morgan fingerprint density at radius 2 is 0.622 bits per heavy atom. The molecule has 2 aliphatic rings. The third-order valence-electron chi connectivity index (χ3n) is 20.0. The highest BCUT2D eigenvalue weighted by Crippen LogP contribution is 2.50. The molecule has 4 nitrogen and oxygen atoms in total. The van der Waals surface area contributed by atoms with Crippen molar-refractivity contribution < 1.29 is 9.59 Å². The molecular weight excluding hydrogens is 1170 g/mol. The lowest BCUT2D eigenvalue weighted by Crippen LogP contribution is -2.30. The molecule has 0 N–H and O–H groups in total. The summed E-state index contributed by atoms with van der Waals surface area (Å²) in [7, 11) is 0. The zero-order valence-electron chi connectivity index (χ0n) is 58.2. The van der Waals surface area contributed by atoms with Gasteiger partial charge in [0, 0.05) is 32.6 Å². The van der Waals surface area contributed by atoms with Crippen molar-refractivity contribution in [2.45, 2.75) is 349 Å². The second kappa shape index (κ2) is 48.6. The van der Waals surface area contributed by atoms with Crippen LogP contribution in [0.5, 0.6) is 0 Å². The van der Waals surface area contributed by atoms with Gasteiger partial charge in [-0.3, -0.25) is 9.59 Å². The van der Waals surface area contributed by atoms with Crippen molar-refractivity contribution in [1.29, 1.82) is 0 Å². The van der Waals surface area contributed by atoms with E-state index in [9.17, 15) is 0 Å². The van der Waals surface area contributed by atoms with Crippen LogP contribution in [0.3, 0.4) is 0 Å². The molecule has 0 aliphatic carbocycles. The number of thiophene rings is 4. The van der Waals surface area contributed by atoms with E-state index in [1.54, 1.807) is 34.0 Å². The van der Waals surface area contributed by atoms with Crippen LogP contribution in [0.1, 0.15) is 368 Å². The Bertz CT molecular complexity index is 2520. The summed E-state index contributed by atoms with van der Waals surface area (Å²) in [5.41, 5.74) is 3.01. The molecule has 6 heterocycles. The molecule has 0 radical (unpaired) electrons. The SMILES string of the molecule is CCCCCCCCCCCCC(CCCCCCCCCC)CCCCCCN1C(=O)C2=C(c3ccc(-c4ccc(/C=C/c5cccs5)s4)s3)N(CCCCCCC(CCCCCCCCCC)CCCCCCCCCCCC)C(=O)C2=C1c1cccs1. The normalized spacial score (nSPS) is 14.3. The number of hydrogen-bond acceptors (Lipinski definition) is 6. The maximum Gasteiger partial charge on any atom is 0.261 e. The average molecular weight is 1300 g/mol. The van der Waals surface area contributed by atoms with Crippen molar-refractivity contribution >= 4 is 80.7 Å². The van der Waals surface area contributed by atoms with E-state index in [1.807, 2.05) is 21.1 Å². The van der Waals surface area contributed by atoms with Gasteiger partial charge in [0.15, 0.2) is 0 Å². The van der Waals surface area contributed by atoms with E-state index in [4.69, 9.17) is 0 Å². The van der Waals surface area contributed by atoms with Gasteiger partial charge < -0.3 is 9.80 Å². The molecule has 0 spiro atoms. The van der Waals surface area contributed by atoms with Crippen molar-refractivity contribution in [3.05, 3.63) is 89.9 Å². The summed E-state index contributed by atoms with van der Waals surface area (Å²) in [6.07, 6.45) is 72.3. The molecule has 8 heteroatoms. The molecule has 4 aromatic heterocycles. The molecule has 0 fully saturated rings. The van der Waals surface area contributed by atoms with Gasteiger partial charge in [0.05, 0.1) is 32.3 Å². The minimum absolute atomic E-state index is 0.0261. The van der Waals surface area contributed by atoms with E-state index in [0.717, 1.165) is 58.7 Å². The number of fused-ring (bicyclic) bond motifs is 1. The maximum absolute atomic E-state index is 15.4. The number of hydrogen-bond donors (Lipinski definition) is 0.